The second-order valence-electron chi connectivity index (χ2n) is 6.91. The number of aromatic amines is 1. The fourth-order valence-electron chi connectivity index (χ4n) is 2.84. The number of hydrogen-bond donors (Lipinski definition) is 2. The highest BCUT2D eigenvalue weighted by molar-refractivity contribution is 5.89. The molecule has 2 aromatic rings. The van der Waals surface area contributed by atoms with E-state index in [1.165, 1.54) is 0 Å². The van der Waals surface area contributed by atoms with Crippen molar-refractivity contribution < 1.29 is 9.53 Å². The highest BCUT2D eigenvalue weighted by Crippen LogP contribution is 2.24. The van der Waals surface area contributed by atoms with Crippen molar-refractivity contribution in [1.29, 1.82) is 0 Å². The molecule has 1 aromatic heterocycles. The van der Waals surface area contributed by atoms with E-state index in [0.29, 0.717) is 5.95 Å². The summed E-state index contributed by atoms with van der Waals surface area (Å²) in [6.07, 6.45) is 1.43. The van der Waals surface area contributed by atoms with Crippen LogP contribution in [0.25, 0.3) is 11.0 Å². The van der Waals surface area contributed by atoms with Gasteiger partial charge in [-0.3, -0.25) is 0 Å². The van der Waals surface area contributed by atoms with E-state index >= 15 is 0 Å². The second kappa shape index (κ2) is 6.20. The molecule has 0 spiro atoms. The highest BCUT2D eigenvalue weighted by Gasteiger charge is 2.32. The Hall–Kier alpha value is -2.08. The Morgan fingerprint density at radius 1 is 1.26 bits per heavy atom. The van der Waals surface area contributed by atoms with Crippen LogP contribution in [0.2, 0.25) is 0 Å². The van der Waals surface area contributed by atoms with Gasteiger partial charge in [0.1, 0.15) is 5.60 Å². The van der Waals surface area contributed by atoms with Crippen molar-refractivity contribution in [2.24, 2.45) is 0 Å². The topological polar surface area (TPSA) is 70.2 Å². The number of nitrogens with zero attached hydrogens (tertiary/aromatic N) is 2. The molecule has 23 heavy (non-hydrogen) atoms. The van der Waals surface area contributed by atoms with Gasteiger partial charge in [-0.1, -0.05) is 12.1 Å². The summed E-state index contributed by atoms with van der Waals surface area (Å²) in [6.45, 7) is 7.42. The number of nitrogens with one attached hydrogen (secondary N) is 2. The molecule has 1 aliphatic heterocycles. The Morgan fingerprint density at radius 2 is 1.96 bits per heavy atom. The van der Waals surface area contributed by atoms with Crippen molar-refractivity contribution in [3.8, 4) is 0 Å². The third-order valence-corrected chi connectivity index (χ3v) is 3.87. The van der Waals surface area contributed by atoms with E-state index < -0.39 is 5.60 Å². The molecule has 124 valence electrons. The lowest BCUT2D eigenvalue weighted by molar-refractivity contribution is 0.0557. The second-order valence-corrected chi connectivity index (χ2v) is 6.91. The zero-order valence-corrected chi connectivity index (χ0v) is 13.9. The number of hydrogen-bond acceptors (Lipinski definition) is 4. The van der Waals surface area contributed by atoms with Gasteiger partial charge in [0, 0.05) is 6.04 Å². The number of carbonyl (C=O) groups excluding carboxylic acids is 1. The monoisotopic (exact) mass is 316 g/mol. The number of imidazole rings is 1. The maximum absolute atomic E-state index is 12.8. The number of fused-ring (bicyclic) bond motifs is 1. The summed E-state index contributed by atoms with van der Waals surface area (Å²) in [5, 5.41) is 3.33. The van der Waals surface area contributed by atoms with Gasteiger partial charge in [-0.25, -0.2) is 14.7 Å². The average molecular weight is 316 g/mol. The Balaban J connectivity index is 1.94. The van der Waals surface area contributed by atoms with Crippen molar-refractivity contribution in [1.82, 2.24) is 15.3 Å². The number of ether oxygens (including phenoxy) is 1. The minimum atomic E-state index is -0.533. The molecule has 0 bridgehead atoms. The smallest absolute Gasteiger partial charge is 0.417 e. The van der Waals surface area contributed by atoms with E-state index in [0.717, 1.165) is 37.0 Å². The summed E-state index contributed by atoms with van der Waals surface area (Å²) in [5.74, 6) is 0.562. The third-order valence-electron chi connectivity index (χ3n) is 3.87. The number of benzene rings is 1. The van der Waals surface area contributed by atoms with Crippen LogP contribution in [0.3, 0.4) is 0 Å². The predicted octanol–water partition coefficient (Wildman–Crippen LogP) is 3.06. The minimum Gasteiger partial charge on any atom is -0.443 e. The molecule has 1 aliphatic rings. The van der Waals surface area contributed by atoms with E-state index in [4.69, 9.17) is 4.74 Å². The van der Waals surface area contributed by atoms with Crippen molar-refractivity contribution >= 4 is 23.1 Å². The third kappa shape index (κ3) is 3.64. The van der Waals surface area contributed by atoms with Gasteiger partial charge in [0.2, 0.25) is 5.95 Å². The van der Waals surface area contributed by atoms with Crippen molar-refractivity contribution in [2.45, 2.75) is 45.3 Å². The first kappa shape index (κ1) is 15.8. The first-order valence-corrected chi connectivity index (χ1v) is 8.12. The maximum Gasteiger partial charge on any atom is 0.417 e. The number of H-pyrrole nitrogens is 1. The van der Waals surface area contributed by atoms with Crippen LogP contribution < -0.4 is 10.2 Å². The summed E-state index contributed by atoms with van der Waals surface area (Å²) < 4.78 is 5.61. The first-order chi connectivity index (χ1) is 10.9. The molecule has 0 atom stereocenters. The van der Waals surface area contributed by atoms with E-state index in [-0.39, 0.29) is 12.1 Å². The zero-order chi connectivity index (χ0) is 16.4. The molecular weight excluding hydrogens is 292 g/mol. The van der Waals surface area contributed by atoms with Crippen LogP contribution in [0.5, 0.6) is 0 Å². The molecule has 0 saturated carbocycles. The fraction of sp³-hybridized carbons (Fsp3) is 0.529. The molecule has 3 rings (SSSR count). The molecule has 0 aliphatic carbocycles. The van der Waals surface area contributed by atoms with Crippen LogP contribution in [0, 0.1) is 0 Å². The van der Waals surface area contributed by atoms with Crippen LogP contribution >= 0.6 is 0 Å². The van der Waals surface area contributed by atoms with Gasteiger partial charge in [0.25, 0.3) is 0 Å². The van der Waals surface area contributed by atoms with Crippen LogP contribution in [0.4, 0.5) is 10.7 Å². The van der Waals surface area contributed by atoms with Gasteiger partial charge < -0.3 is 15.0 Å². The predicted molar refractivity (Wildman–Crippen MR) is 90.7 cm³/mol. The summed E-state index contributed by atoms with van der Waals surface area (Å²) in [7, 11) is 0. The van der Waals surface area contributed by atoms with Crippen LogP contribution in [0.1, 0.15) is 33.6 Å². The Labute approximate surface area is 136 Å². The molecule has 2 N–H and O–H groups in total. The van der Waals surface area contributed by atoms with Gasteiger partial charge in [0.15, 0.2) is 0 Å². The number of para-hydroxylation sites is 2. The van der Waals surface area contributed by atoms with Crippen molar-refractivity contribution in [3.63, 3.8) is 0 Å². The lowest BCUT2D eigenvalue weighted by atomic mass is 10.1. The maximum atomic E-state index is 12.8. The van der Waals surface area contributed by atoms with E-state index in [2.05, 4.69) is 15.3 Å². The molecule has 6 heteroatoms. The zero-order valence-electron chi connectivity index (χ0n) is 13.9. The normalized spacial score (nSPS) is 16.5. The van der Waals surface area contributed by atoms with Crippen molar-refractivity contribution in [3.05, 3.63) is 24.3 Å². The lowest BCUT2D eigenvalue weighted by Gasteiger charge is -2.34. The Morgan fingerprint density at radius 3 is 2.61 bits per heavy atom. The quantitative estimate of drug-likeness (QED) is 0.893. The molecule has 0 unspecified atom stereocenters. The van der Waals surface area contributed by atoms with Crippen LogP contribution in [0.15, 0.2) is 24.3 Å². The molecule has 0 radical (unpaired) electrons. The molecule has 1 aromatic carbocycles. The number of piperidine rings is 1. The molecule has 2 heterocycles. The van der Waals surface area contributed by atoms with E-state index in [9.17, 15) is 4.79 Å². The molecule has 1 fully saturated rings. The summed E-state index contributed by atoms with van der Waals surface area (Å²) in [4.78, 5) is 22.3. The molecule has 6 nitrogen and oxygen atoms in total. The number of amides is 1. The number of aromatic nitrogens is 2. The largest absolute Gasteiger partial charge is 0.443 e. The first-order valence-electron chi connectivity index (χ1n) is 8.12. The van der Waals surface area contributed by atoms with Crippen molar-refractivity contribution in [2.75, 3.05) is 18.0 Å². The fourth-order valence-corrected chi connectivity index (χ4v) is 2.84. The number of anilines is 1. The lowest BCUT2D eigenvalue weighted by Crippen LogP contribution is -2.48. The molecular formula is C17H24N4O2. The SMILES string of the molecule is CC(C)(C)OC(=O)N(c1nc2ccccc2[nH]1)C1CCNCC1. The molecule has 1 saturated heterocycles. The van der Waals surface area contributed by atoms with Gasteiger partial charge in [-0.15, -0.1) is 0 Å². The van der Waals surface area contributed by atoms with Gasteiger partial charge in [-0.2, -0.15) is 0 Å². The van der Waals surface area contributed by atoms with Crippen LogP contribution in [-0.2, 0) is 4.74 Å². The highest BCUT2D eigenvalue weighted by atomic mass is 16.6. The Kier molecular flexibility index (Phi) is 4.26. The van der Waals surface area contributed by atoms with Gasteiger partial charge >= 0.3 is 6.09 Å². The van der Waals surface area contributed by atoms with E-state index in [1.807, 2.05) is 45.0 Å². The number of rotatable bonds is 2. The van der Waals surface area contributed by atoms with Gasteiger partial charge in [0.05, 0.1) is 11.0 Å². The van der Waals surface area contributed by atoms with E-state index in [1.54, 1.807) is 4.90 Å². The number of carbonyl (C=O) groups is 1. The summed E-state index contributed by atoms with van der Waals surface area (Å²) in [5.41, 5.74) is 1.24. The van der Waals surface area contributed by atoms with Crippen LogP contribution in [-0.4, -0.2) is 40.8 Å². The summed E-state index contributed by atoms with van der Waals surface area (Å²) in [6, 6.07) is 7.88. The Bertz CT molecular complexity index is 650. The minimum absolute atomic E-state index is 0.0895. The molecule has 1 amide bonds. The standard InChI is InChI=1S/C17H24N4O2/c1-17(2,3)23-16(22)21(12-8-10-18-11-9-12)15-19-13-6-4-5-7-14(13)20-15/h4-7,12,18H,8-11H2,1-3H3,(H,19,20). The van der Waals surface area contributed by atoms with Gasteiger partial charge in [-0.05, 0) is 58.8 Å². The summed E-state index contributed by atoms with van der Waals surface area (Å²) >= 11 is 0. The average Bonchev–Trinajstić information content (AvgIpc) is 2.90.